The van der Waals surface area contributed by atoms with Crippen LogP contribution in [0.25, 0.3) is 0 Å². The Bertz CT molecular complexity index is 402. The first-order chi connectivity index (χ1) is 8.70. The molecule has 0 unspecified atom stereocenters. The van der Waals surface area contributed by atoms with E-state index in [1.165, 1.54) is 0 Å². The van der Waals surface area contributed by atoms with Crippen LogP contribution >= 0.6 is 0 Å². The molecule has 2 atom stereocenters. The van der Waals surface area contributed by atoms with E-state index in [4.69, 9.17) is 4.74 Å². The number of carboxylic acid groups (broad SMARTS) is 1. The molecule has 2 N–H and O–H groups in total. The topological polar surface area (TPSA) is 58.6 Å². The van der Waals surface area contributed by atoms with Crippen LogP contribution in [0.5, 0.6) is 5.75 Å². The molecule has 1 heterocycles. The Hall–Kier alpha value is -1.55. The van der Waals surface area contributed by atoms with Crippen molar-refractivity contribution in [3.63, 3.8) is 0 Å². The summed E-state index contributed by atoms with van der Waals surface area (Å²) in [6.07, 6.45) is 2.46. The Labute approximate surface area is 107 Å². The molecule has 0 bridgehead atoms. The van der Waals surface area contributed by atoms with Crippen LogP contribution in [0.2, 0.25) is 0 Å². The molecule has 1 aromatic carbocycles. The molecule has 1 aliphatic rings. The third kappa shape index (κ3) is 3.01. The summed E-state index contributed by atoms with van der Waals surface area (Å²) in [7, 11) is 1.64. The summed E-state index contributed by atoms with van der Waals surface area (Å²) >= 11 is 0. The zero-order chi connectivity index (χ0) is 13.0. The van der Waals surface area contributed by atoms with Crippen molar-refractivity contribution in [2.45, 2.75) is 25.3 Å². The van der Waals surface area contributed by atoms with E-state index in [1.807, 2.05) is 24.3 Å². The SMILES string of the molecule is COc1ccc(C[C@@H]2NCCC[C@@H]2C(=O)O)cc1. The highest BCUT2D eigenvalue weighted by Crippen LogP contribution is 2.21. The molecule has 0 radical (unpaired) electrons. The van der Waals surface area contributed by atoms with E-state index in [2.05, 4.69) is 5.32 Å². The van der Waals surface area contributed by atoms with Gasteiger partial charge in [0.2, 0.25) is 0 Å². The molecule has 0 saturated carbocycles. The number of nitrogens with one attached hydrogen (secondary N) is 1. The van der Waals surface area contributed by atoms with Crippen LogP contribution in [0.4, 0.5) is 0 Å². The van der Waals surface area contributed by atoms with Gasteiger partial charge in [-0.25, -0.2) is 0 Å². The van der Waals surface area contributed by atoms with Crippen LogP contribution in [-0.2, 0) is 11.2 Å². The molecule has 2 rings (SSSR count). The van der Waals surface area contributed by atoms with Gasteiger partial charge in [0.25, 0.3) is 0 Å². The molecule has 0 amide bonds. The molecule has 18 heavy (non-hydrogen) atoms. The van der Waals surface area contributed by atoms with E-state index >= 15 is 0 Å². The largest absolute Gasteiger partial charge is 0.497 e. The fraction of sp³-hybridized carbons (Fsp3) is 0.500. The van der Waals surface area contributed by atoms with E-state index in [0.717, 1.165) is 37.1 Å². The molecule has 0 spiro atoms. The third-order valence-electron chi connectivity index (χ3n) is 3.52. The Morgan fingerprint density at radius 3 is 2.78 bits per heavy atom. The second-order valence-electron chi connectivity index (χ2n) is 4.70. The molecule has 4 nitrogen and oxygen atoms in total. The number of rotatable bonds is 4. The predicted molar refractivity (Wildman–Crippen MR) is 68.8 cm³/mol. The second-order valence-corrected chi connectivity index (χ2v) is 4.70. The Morgan fingerprint density at radius 2 is 2.17 bits per heavy atom. The van der Waals surface area contributed by atoms with Crippen molar-refractivity contribution in [1.29, 1.82) is 0 Å². The molecule has 98 valence electrons. The number of ether oxygens (including phenoxy) is 1. The van der Waals surface area contributed by atoms with Gasteiger partial charge in [0.1, 0.15) is 5.75 Å². The molecular weight excluding hydrogens is 230 g/mol. The molecule has 1 aromatic rings. The molecule has 0 aliphatic carbocycles. The van der Waals surface area contributed by atoms with E-state index in [9.17, 15) is 9.90 Å². The van der Waals surface area contributed by atoms with Crippen LogP contribution in [0.1, 0.15) is 18.4 Å². The lowest BCUT2D eigenvalue weighted by atomic mass is 9.87. The van der Waals surface area contributed by atoms with E-state index < -0.39 is 5.97 Å². The van der Waals surface area contributed by atoms with Gasteiger partial charge >= 0.3 is 5.97 Å². The molecule has 0 aromatic heterocycles. The van der Waals surface area contributed by atoms with Gasteiger partial charge in [-0.2, -0.15) is 0 Å². The van der Waals surface area contributed by atoms with Gasteiger partial charge in [-0.05, 0) is 43.5 Å². The number of aliphatic carboxylic acids is 1. The lowest BCUT2D eigenvalue weighted by Gasteiger charge is -2.29. The summed E-state index contributed by atoms with van der Waals surface area (Å²) in [5, 5.41) is 12.5. The highest BCUT2D eigenvalue weighted by molar-refractivity contribution is 5.71. The zero-order valence-corrected chi connectivity index (χ0v) is 10.6. The van der Waals surface area contributed by atoms with Crippen LogP contribution in [-0.4, -0.2) is 30.8 Å². The predicted octanol–water partition coefficient (Wildman–Crippen LogP) is 1.69. The number of carboxylic acids is 1. The fourth-order valence-corrected chi connectivity index (χ4v) is 2.48. The number of carbonyl (C=O) groups is 1. The molecule has 1 saturated heterocycles. The van der Waals surface area contributed by atoms with Crippen molar-refractivity contribution in [1.82, 2.24) is 5.32 Å². The van der Waals surface area contributed by atoms with Gasteiger partial charge in [-0.15, -0.1) is 0 Å². The van der Waals surface area contributed by atoms with Gasteiger partial charge in [0, 0.05) is 6.04 Å². The zero-order valence-electron chi connectivity index (χ0n) is 10.6. The van der Waals surface area contributed by atoms with E-state index in [-0.39, 0.29) is 12.0 Å². The van der Waals surface area contributed by atoms with Gasteiger partial charge in [-0.3, -0.25) is 4.79 Å². The van der Waals surface area contributed by atoms with Crippen molar-refractivity contribution in [3.05, 3.63) is 29.8 Å². The van der Waals surface area contributed by atoms with Crippen molar-refractivity contribution >= 4 is 5.97 Å². The quantitative estimate of drug-likeness (QED) is 0.852. The Morgan fingerprint density at radius 1 is 1.44 bits per heavy atom. The first-order valence-corrected chi connectivity index (χ1v) is 6.30. The van der Waals surface area contributed by atoms with Crippen molar-refractivity contribution in [2.24, 2.45) is 5.92 Å². The summed E-state index contributed by atoms with van der Waals surface area (Å²) in [5.41, 5.74) is 1.14. The van der Waals surface area contributed by atoms with Crippen LogP contribution < -0.4 is 10.1 Å². The first-order valence-electron chi connectivity index (χ1n) is 6.30. The number of methoxy groups -OCH3 is 1. The molecule has 1 fully saturated rings. The van der Waals surface area contributed by atoms with Crippen LogP contribution in [0, 0.1) is 5.92 Å². The van der Waals surface area contributed by atoms with Crippen molar-refractivity contribution in [3.8, 4) is 5.75 Å². The highest BCUT2D eigenvalue weighted by Gasteiger charge is 2.30. The normalized spacial score (nSPS) is 23.6. The van der Waals surface area contributed by atoms with Gasteiger partial charge in [0.15, 0.2) is 0 Å². The van der Waals surface area contributed by atoms with Gasteiger partial charge in [-0.1, -0.05) is 12.1 Å². The van der Waals surface area contributed by atoms with Crippen molar-refractivity contribution < 1.29 is 14.6 Å². The minimum absolute atomic E-state index is 0.0321. The fourth-order valence-electron chi connectivity index (χ4n) is 2.48. The summed E-state index contributed by atoms with van der Waals surface area (Å²) in [6, 6.07) is 7.84. The Kier molecular flexibility index (Phi) is 4.20. The van der Waals surface area contributed by atoms with Crippen LogP contribution in [0.15, 0.2) is 24.3 Å². The maximum atomic E-state index is 11.2. The van der Waals surface area contributed by atoms with Crippen LogP contribution in [0.3, 0.4) is 0 Å². The van der Waals surface area contributed by atoms with Gasteiger partial charge < -0.3 is 15.2 Å². The minimum atomic E-state index is -0.694. The van der Waals surface area contributed by atoms with E-state index in [0.29, 0.717) is 0 Å². The standard InChI is InChI=1S/C14H19NO3/c1-18-11-6-4-10(5-7-11)9-13-12(14(16)17)3-2-8-15-13/h4-7,12-13,15H,2-3,8-9H2,1H3,(H,16,17)/t12-,13-/m0/s1. The molecule has 4 heteroatoms. The summed E-state index contributed by atoms with van der Waals surface area (Å²) in [6.45, 7) is 0.907. The van der Waals surface area contributed by atoms with E-state index in [1.54, 1.807) is 7.11 Å². The minimum Gasteiger partial charge on any atom is -0.497 e. The summed E-state index contributed by atoms with van der Waals surface area (Å²) in [4.78, 5) is 11.2. The summed E-state index contributed by atoms with van der Waals surface area (Å²) < 4.78 is 5.11. The second kappa shape index (κ2) is 5.87. The number of piperidine rings is 1. The smallest absolute Gasteiger partial charge is 0.308 e. The highest BCUT2D eigenvalue weighted by atomic mass is 16.5. The summed E-state index contributed by atoms with van der Waals surface area (Å²) in [5.74, 6) is -0.147. The maximum absolute atomic E-state index is 11.2. The maximum Gasteiger partial charge on any atom is 0.308 e. The third-order valence-corrected chi connectivity index (χ3v) is 3.52. The van der Waals surface area contributed by atoms with Gasteiger partial charge in [0.05, 0.1) is 13.0 Å². The average molecular weight is 249 g/mol. The number of hydrogen-bond acceptors (Lipinski definition) is 3. The first kappa shape index (κ1) is 12.9. The average Bonchev–Trinajstić information content (AvgIpc) is 2.40. The van der Waals surface area contributed by atoms with Crippen molar-refractivity contribution in [2.75, 3.05) is 13.7 Å². The molecular formula is C14H19NO3. The lowest BCUT2D eigenvalue weighted by Crippen LogP contribution is -2.46. The number of benzene rings is 1. The Balaban J connectivity index is 2.03. The number of hydrogen-bond donors (Lipinski definition) is 2. The molecule has 1 aliphatic heterocycles. The monoisotopic (exact) mass is 249 g/mol. The lowest BCUT2D eigenvalue weighted by molar-refractivity contribution is -0.143.